The van der Waals surface area contributed by atoms with Gasteiger partial charge in [-0.05, 0) is 43.9 Å². The second-order valence-electron chi connectivity index (χ2n) is 6.74. The minimum atomic E-state index is -0.0378. The van der Waals surface area contributed by atoms with E-state index in [1.54, 1.807) is 0 Å². The van der Waals surface area contributed by atoms with Crippen LogP contribution in [0.25, 0.3) is 0 Å². The molecule has 136 valence electrons. The Hall–Kier alpha value is -2.17. The number of nitrogens with zero attached hydrogens (tertiary/aromatic N) is 1. The van der Waals surface area contributed by atoms with Gasteiger partial charge in [0, 0.05) is 18.0 Å². The second-order valence-corrected chi connectivity index (χ2v) is 6.74. The van der Waals surface area contributed by atoms with Gasteiger partial charge in [0.05, 0.1) is 5.71 Å². The fraction of sp³-hybridized carbons (Fsp3) is 0.550. The first-order valence-electron chi connectivity index (χ1n) is 9.34. The third-order valence-corrected chi connectivity index (χ3v) is 4.37. The van der Waals surface area contributed by atoms with Crippen LogP contribution in [0, 0.1) is 5.92 Å². The second kappa shape index (κ2) is 9.97. The molecular formula is C20H29N3O2. The van der Waals surface area contributed by atoms with E-state index >= 15 is 0 Å². The SMILES string of the molecule is CCCCCCCC(=O)N/N=C(/C)c1ccc(NC(=O)C2CC2)cc1. The first kappa shape index (κ1) is 19.2. The van der Waals surface area contributed by atoms with Crippen LogP contribution in [0.3, 0.4) is 0 Å². The fourth-order valence-corrected chi connectivity index (χ4v) is 2.54. The van der Waals surface area contributed by atoms with E-state index in [1.807, 2.05) is 31.2 Å². The maximum Gasteiger partial charge on any atom is 0.240 e. The summed E-state index contributed by atoms with van der Waals surface area (Å²) in [5.41, 5.74) is 5.09. The molecule has 2 N–H and O–H groups in total. The van der Waals surface area contributed by atoms with Crippen LogP contribution in [0.1, 0.15) is 70.8 Å². The molecule has 1 fully saturated rings. The topological polar surface area (TPSA) is 70.6 Å². The maximum absolute atomic E-state index is 11.8. The van der Waals surface area contributed by atoms with Gasteiger partial charge in [-0.1, -0.05) is 44.7 Å². The first-order valence-corrected chi connectivity index (χ1v) is 9.34. The molecule has 0 saturated heterocycles. The Balaban J connectivity index is 1.74. The smallest absolute Gasteiger partial charge is 0.240 e. The summed E-state index contributed by atoms with van der Waals surface area (Å²) in [4.78, 5) is 23.5. The molecule has 2 rings (SSSR count). The minimum Gasteiger partial charge on any atom is -0.326 e. The summed E-state index contributed by atoms with van der Waals surface area (Å²) < 4.78 is 0. The number of rotatable bonds is 10. The first-order chi connectivity index (χ1) is 12.1. The van der Waals surface area contributed by atoms with Crippen LogP contribution in [0.15, 0.2) is 29.4 Å². The number of anilines is 1. The Kier molecular flexibility index (Phi) is 7.64. The Morgan fingerprint density at radius 3 is 2.40 bits per heavy atom. The van der Waals surface area contributed by atoms with Crippen LogP contribution in [-0.2, 0) is 9.59 Å². The minimum absolute atomic E-state index is 0.0378. The van der Waals surface area contributed by atoms with Crippen molar-refractivity contribution in [2.24, 2.45) is 11.0 Å². The van der Waals surface area contributed by atoms with E-state index in [0.717, 1.165) is 42.6 Å². The predicted molar refractivity (Wildman–Crippen MR) is 102 cm³/mol. The number of unbranched alkanes of at least 4 members (excludes halogenated alkanes) is 4. The van der Waals surface area contributed by atoms with E-state index in [2.05, 4.69) is 22.8 Å². The number of hydrogen-bond donors (Lipinski definition) is 2. The number of benzene rings is 1. The van der Waals surface area contributed by atoms with Crippen LogP contribution >= 0.6 is 0 Å². The third kappa shape index (κ3) is 7.08. The molecule has 0 heterocycles. The van der Waals surface area contributed by atoms with Crippen molar-refractivity contribution >= 4 is 23.2 Å². The van der Waals surface area contributed by atoms with Crippen LogP contribution in [0.4, 0.5) is 5.69 Å². The maximum atomic E-state index is 11.8. The number of carbonyl (C=O) groups excluding carboxylic acids is 2. The zero-order valence-corrected chi connectivity index (χ0v) is 15.3. The summed E-state index contributed by atoms with van der Waals surface area (Å²) in [6.45, 7) is 4.04. The van der Waals surface area contributed by atoms with E-state index in [1.165, 1.54) is 19.3 Å². The van der Waals surface area contributed by atoms with Crippen molar-refractivity contribution in [3.63, 3.8) is 0 Å². The number of hydrazone groups is 1. The molecule has 0 radical (unpaired) electrons. The van der Waals surface area contributed by atoms with Gasteiger partial charge in [0.15, 0.2) is 0 Å². The lowest BCUT2D eigenvalue weighted by Gasteiger charge is -2.06. The average molecular weight is 343 g/mol. The molecule has 0 spiro atoms. The highest BCUT2D eigenvalue weighted by Gasteiger charge is 2.29. The number of hydrogen-bond acceptors (Lipinski definition) is 3. The molecule has 1 aromatic carbocycles. The molecule has 0 aromatic heterocycles. The van der Waals surface area contributed by atoms with Crippen LogP contribution < -0.4 is 10.7 Å². The quantitative estimate of drug-likeness (QED) is 0.379. The van der Waals surface area contributed by atoms with E-state index < -0.39 is 0 Å². The van der Waals surface area contributed by atoms with Crippen molar-refractivity contribution in [2.45, 2.75) is 65.2 Å². The number of carbonyl (C=O) groups is 2. The van der Waals surface area contributed by atoms with Gasteiger partial charge in [0.1, 0.15) is 0 Å². The van der Waals surface area contributed by atoms with Crippen molar-refractivity contribution in [1.29, 1.82) is 0 Å². The molecule has 0 atom stereocenters. The van der Waals surface area contributed by atoms with E-state index in [0.29, 0.717) is 6.42 Å². The highest BCUT2D eigenvalue weighted by Crippen LogP contribution is 2.30. The summed E-state index contributed by atoms with van der Waals surface area (Å²) in [5, 5.41) is 7.08. The average Bonchev–Trinajstić information content (AvgIpc) is 3.45. The summed E-state index contributed by atoms with van der Waals surface area (Å²) in [5.74, 6) is 0.258. The highest BCUT2D eigenvalue weighted by molar-refractivity contribution is 6.00. The summed E-state index contributed by atoms with van der Waals surface area (Å²) in [6.07, 6.45) is 8.15. The van der Waals surface area contributed by atoms with Gasteiger partial charge >= 0.3 is 0 Å². The van der Waals surface area contributed by atoms with Gasteiger partial charge in [-0.2, -0.15) is 5.10 Å². The number of nitrogens with one attached hydrogen (secondary N) is 2. The Bertz CT molecular complexity index is 604. The molecule has 5 heteroatoms. The van der Waals surface area contributed by atoms with Crippen molar-refractivity contribution in [3.8, 4) is 0 Å². The van der Waals surface area contributed by atoms with Gasteiger partial charge in [0.25, 0.3) is 0 Å². The molecule has 2 amide bonds. The van der Waals surface area contributed by atoms with Crippen molar-refractivity contribution in [3.05, 3.63) is 29.8 Å². The van der Waals surface area contributed by atoms with Crippen molar-refractivity contribution in [1.82, 2.24) is 5.43 Å². The van der Waals surface area contributed by atoms with Gasteiger partial charge in [0.2, 0.25) is 11.8 Å². The molecule has 0 bridgehead atoms. The Labute approximate surface area is 150 Å². The largest absolute Gasteiger partial charge is 0.326 e. The normalized spacial score (nSPS) is 14.2. The van der Waals surface area contributed by atoms with Crippen LogP contribution in [0.5, 0.6) is 0 Å². The monoisotopic (exact) mass is 343 g/mol. The Morgan fingerprint density at radius 1 is 1.08 bits per heavy atom. The summed E-state index contributed by atoms with van der Waals surface area (Å²) in [6, 6.07) is 7.53. The zero-order chi connectivity index (χ0) is 18.1. The van der Waals surface area contributed by atoms with E-state index in [9.17, 15) is 9.59 Å². The molecule has 1 aliphatic carbocycles. The van der Waals surface area contributed by atoms with Crippen LogP contribution in [0.2, 0.25) is 0 Å². The Morgan fingerprint density at radius 2 is 1.76 bits per heavy atom. The standard InChI is InChI=1S/C20H29N3O2/c1-3-4-5-6-7-8-19(24)23-22-15(2)16-11-13-18(14-12-16)21-20(25)17-9-10-17/h11-14,17H,3-10H2,1-2H3,(H,21,25)(H,23,24)/b22-15-. The highest BCUT2D eigenvalue weighted by atomic mass is 16.2. The van der Waals surface area contributed by atoms with Crippen LogP contribution in [-0.4, -0.2) is 17.5 Å². The number of amides is 2. The summed E-state index contributed by atoms with van der Waals surface area (Å²) in [7, 11) is 0. The lowest BCUT2D eigenvalue weighted by Crippen LogP contribution is -2.18. The van der Waals surface area contributed by atoms with Gasteiger partial charge < -0.3 is 5.32 Å². The molecule has 0 aliphatic heterocycles. The molecule has 25 heavy (non-hydrogen) atoms. The lowest BCUT2D eigenvalue weighted by atomic mass is 10.1. The van der Waals surface area contributed by atoms with Gasteiger partial charge in [-0.25, -0.2) is 5.43 Å². The molecule has 1 aliphatic rings. The van der Waals surface area contributed by atoms with Crippen molar-refractivity contribution in [2.75, 3.05) is 5.32 Å². The molecule has 1 saturated carbocycles. The van der Waals surface area contributed by atoms with E-state index in [4.69, 9.17) is 0 Å². The molecule has 5 nitrogen and oxygen atoms in total. The molecular weight excluding hydrogens is 314 g/mol. The zero-order valence-electron chi connectivity index (χ0n) is 15.3. The molecule has 0 unspecified atom stereocenters. The van der Waals surface area contributed by atoms with Crippen molar-refractivity contribution < 1.29 is 9.59 Å². The lowest BCUT2D eigenvalue weighted by molar-refractivity contribution is -0.121. The molecule has 1 aromatic rings. The fourth-order valence-electron chi connectivity index (χ4n) is 2.54. The van der Waals surface area contributed by atoms with E-state index in [-0.39, 0.29) is 17.7 Å². The van der Waals surface area contributed by atoms with Gasteiger partial charge in [-0.3, -0.25) is 9.59 Å². The summed E-state index contributed by atoms with van der Waals surface area (Å²) >= 11 is 0. The predicted octanol–water partition coefficient (Wildman–Crippen LogP) is 4.24. The van der Waals surface area contributed by atoms with Gasteiger partial charge in [-0.15, -0.1) is 0 Å². The third-order valence-electron chi connectivity index (χ3n) is 4.37.